The number of sulfonamides is 1. The highest BCUT2D eigenvalue weighted by atomic mass is 32.2. The van der Waals surface area contributed by atoms with Gasteiger partial charge in [0.15, 0.2) is 0 Å². The zero-order chi connectivity index (χ0) is 22.7. The number of benzene rings is 2. The number of nitro benzene ring substituents is 1. The van der Waals surface area contributed by atoms with E-state index in [1.165, 1.54) is 40.7 Å². The van der Waals surface area contributed by atoms with Crippen LogP contribution in [0.3, 0.4) is 0 Å². The Bertz CT molecular complexity index is 1110. The predicted octanol–water partition coefficient (Wildman–Crippen LogP) is 2.47. The molecule has 2 aliphatic heterocycles. The Kier molecular flexibility index (Phi) is 6.40. The third kappa shape index (κ3) is 4.59. The van der Waals surface area contributed by atoms with Crippen molar-refractivity contribution in [2.75, 3.05) is 49.6 Å². The summed E-state index contributed by atoms with van der Waals surface area (Å²) in [5.74, 6) is -0.509. The molecule has 0 atom stereocenters. The molecular weight excluding hydrogens is 436 g/mol. The number of nitro groups is 1. The van der Waals surface area contributed by atoms with Crippen LogP contribution in [0.5, 0.6) is 0 Å². The van der Waals surface area contributed by atoms with E-state index in [2.05, 4.69) is 5.32 Å². The molecule has 0 bridgehead atoms. The third-order valence-corrected chi connectivity index (χ3v) is 7.52. The molecule has 2 saturated heterocycles. The van der Waals surface area contributed by atoms with Crippen LogP contribution in [0.4, 0.5) is 17.1 Å². The Labute approximate surface area is 186 Å². The van der Waals surface area contributed by atoms with Gasteiger partial charge in [-0.2, -0.15) is 4.31 Å². The Hall–Kier alpha value is -3.02. The second-order valence-electron chi connectivity index (χ2n) is 7.65. The average Bonchev–Trinajstić information content (AvgIpc) is 3.35. The molecule has 2 aromatic carbocycles. The van der Waals surface area contributed by atoms with Crippen LogP contribution in [0.2, 0.25) is 0 Å². The molecule has 1 amide bonds. The summed E-state index contributed by atoms with van der Waals surface area (Å²) in [6.45, 7) is 3.17. The molecule has 0 spiro atoms. The van der Waals surface area contributed by atoms with Crippen molar-refractivity contribution in [1.82, 2.24) is 4.31 Å². The maximum Gasteiger partial charge on any atom is 0.270 e. The molecule has 1 N–H and O–H groups in total. The number of amides is 1. The first-order valence-corrected chi connectivity index (χ1v) is 11.8. The van der Waals surface area contributed by atoms with Crippen molar-refractivity contribution in [2.24, 2.45) is 0 Å². The molecule has 0 saturated carbocycles. The molecule has 0 aliphatic carbocycles. The second-order valence-corrected chi connectivity index (χ2v) is 9.59. The number of ether oxygens (including phenoxy) is 1. The monoisotopic (exact) mass is 460 g/mol. The molecule has 10 nitrogen and oxygen atoms in total. The van der Waals surface area contributed by atoms with Gasteiger partial charge in [0.05, 0.1) is 34.3 Å². The summed E-state index contributed by atoms with van der Waals surface area (Å²) >= 11 is 0. The van der Waals surface area contributed by atoms with Gasteiger partial charge in [0.2, 0.25) is 10.0 Å². The molecule has 32 heavy (non-hydrogen) atoms. The largest absolute Gasteiger partial charge is 0.378 e. The van der Waals surface area contributed by atoms with Gasteiger partial charge in [-0.3, -0.25) is 14.9 Å². The van der Waals surface area contributed by atoms with Crippen LogP contribution in [0, 0.1) is 10.1 Å². The predicted molar refractivity (Wildman–Crippen MR) is 119 cm³/mol. The average molecular weight is 461 g/mol. The Balaban J connectivity index is 1.56. The molecule has 2 aliphatic rings. The molecule has 11 heteroatoms. The van der Waals surface area contributed by atoms with E-state index in [-0.39, 0.29) is 16.1 Å². The van der Waals surface area contributed by atoms with Crippen molar-refractivity contribution >= 4 is 33.0 Å². The summed E-state index contributed by atoms with van der Waals surface area (Å²) in [7, 11) is -3.55. The number of rotatable bonds is 6. The first-order valence-electron chi connectivity index (χ1n) is 10.4. The maximum atomic E-state index is 13.0. The van der Waals surface area contributed by atoms with E-state index < -0.39 is 20.9 Å². The van der Waals surface area contributed by atoms with Crippen LogP contribution in [-0.4, -0.2) is 62.9 Å². The van der Waals surface area contributed by atoms with Crippen molar-refractivity contribution in [2.45, 2.75) is 17.7 Å². The quantitative estimate of drug-likeness (QED) is 0.519. The molecule has 0 aromatic heterocycles. The van der Waals surface area contributed by atoms with Gasteiger partial charge in [0, 0.05) is 44.0 Å². The minimum Gasteiger partial charge on any atom is -0.378 e. The highest BCUT2D eigenvalue weighted by molar-refractivity contribution is 7.89. The van der Waals surface area contributed by atoms with Crippen LogP contribution in [0.1, 0.15) is 23.2 Å². The van der Waals surface area contributed by atoms with E-state index in [1.54, 1.807) is 6.07 Å². The van der Waals surface area contributed by atoms with E-state index in [0.29, 0.717) is 50.8 Å². The number of carbonyl (C=O) groups excluding carboxylic acids is 1. The third-order valence-electron chi connectivity index (χ3n) is 5.60. The fourth-order valence-corrected chi connectivity index (χ4v) is 5.40. The number of nitrogens with zero attached hydrogens (tertiary/aromatic N) is 3. The van der Waals surface area contributed by atoms with Gasteiger partial charge < -0.3 is 15.0 Å². The SMILES string of the molecule is O=C(Nc1ccc(S(=O)(=O)N2CCCC2)cc1)c1cc([N+](=O)[O-])ccc1N1CCOCC1. The smallest absolute Gasteiger partial charge is 0.270 e. The van der Waals surface area contributed by atoms with Gasteiger partial charge >= 0.3 is 0 Å². The lowest BCUT2D eigenvalue weighted by Gasteiger charge is -2.30. The fraction of sp³-hybridized carbons (Fsp3) is 0.381. The van der Waals surface area contributed by atoms with E-state index in [1.807, 2.05) is 4.90 Å². The van der Waals surface area contributed by atoms with Gasteiger partial charge in [-0.05, 0) is 43.2 Å². The first-order chi connectivity index (χ1) is 15.4. The van der Waals surface area contributed by atoms with Crippen molar-refractivity contribution in [1.29, 1.82) is 0 Å². The second kappa shape index (κ2) is 9.23. The minimum absolute atomic E-state index is 0.168. The molecular formula is C21H24N4O6S. The molecule has 0 radical (unpaired) electrons. The summed E-state index contributed by atoms with van der Waals surface area (Å²) in [5, 5.41) is 14.0. The fourth-order valence-electron chi connectivity index (χ4n) is 3.89. The first kappa shape index (κ1) is 22.2. The number of morpholine rings is 1. The number of nitrogens with one attached hydrogen (secondary N) is 1. The van der Waals surface area contributed by atoms with Gasteiger partial charge in [-0.15, -0.1) is 0 Å². The van der Waals surface area contributed by atoms with Crippen LogP contribution in [0.25, 0.3) is 0 Å². The van der Waals surface area contributed by atoms with Crippen molar-refractivity contribution < 1.29 is 22.9 Å². The van der Waals surface area contributed by atoms with Crippen LogP contribution >= 0.6 is 0 Å². The normalized spacial score (nSPS) is 17.3. The number of non-ortho nitro benzene ring substituents is 1. The lowest BCUT2D eigenvalue weighted by Crippen LogP contribution is -2.37. The Morgan fingerprint density at radius 2 is 1.66 bits per heavy atom. The lowest BCUT2D eigenvalue weighted by atomic mass is 10.1. The minimum atomic E-state index is -3.55. The Morgan fingerprint density at radius 1 is 1.00 bits per heavy atom. The van der Waals surface area contributed by atoms with Gasteiger partial charge in [0.1, 0.15) is 0 Å². The standard InChI is InChI=1S/C21H24N4O6S/c26-21(19-15-17(25(27)28)5-8-20(19)23-11-13-31-14-12-23)22-16-3-6-18(7-4-16)32(29,30)24-9-1-2-10-24/h3-8,15H,1-2,9-14H2,(H,22,26). The van der Waals surface area contributed by atoms with Crippen molar-refractivity contribution in [3.05, 3.63) is 58.1 Å². The number of hydrogen-bond donors (Lipinski definition) is 1. The molecule has 2 heterocycles. The molecule has 0 unspecified atom stereocenters. The molecule has 2 fully saturated rings. The van der Waals surface area contributed by atoms with E-state index in [4.69, 9.17) is 4.74 Å². The molecule has 4 rings (SSSR count). The van der Waals surface area contributed by atoms with Gasteiger partial charge in [-0.1, -0.05) is 0 Å². The summed E-state index contributed by atoms with van der Waals surface area (Å²) in [6, 6.07) is 10.2. The maximum absolute atomic E-state index is 13.0. The summed E-state index contributed by atoms with van der Waals surface area (Å²) in [6.07, 6.45) is 1.70. The molecule has 2 aromatic rings. The number of carbonyl (C=O) groups is 1. The van der Waals surface area contributed by atoms with Crippen molar-refractivity contribution in [3.63, 3.8) is 0 Å². The lowest BCUT2D eigenvalue weighted by molar-refractivity contribution is -0.384. The van der Waals surface area contributed by atoms with E-state index in [9.17, 15) is 23.3 Å². The summed E-state index contributed by atoms with van der Waals surface area (Å²) in [5.41, 5.74) is 0.980. The van der Waals surface area contributed by atoms with Gasteiger partial charge in [-0.25, -0.2) is 8.42 Å². The molecule has 170 valence electrons. The number of hydrogen-bond acceptors (Lipinski definition) is 7. The number of anilines is 2. The van der Waals surface area contributed by atoms with Crippen molar-refractivity contribution in [3.8, 4) is 0 Å². The zero-order valence-corrected chi connectivity index (χ0v) is 18.2. The zero-order valence-electron chi connectivity index (χ0n) is 17.4. The highest BCUT2D eigenvalue weighted by Crippen LogP contribution is 2.28. The van der Waals surface area contributed by atoms with Gasteiger partial charge in [0.25, 0.3) is 11.6 Å². The van der Waals surface area contributed by atoms with E-state index >= 15 is 0 Å². The highest BCUT2D eigenvalue weighted by Gasteiger charge is 2.27. The van der Waals surface area contributed by atoms with Crippen LogP contribution < -0.4 is 10.2 Å². The van der Waals surface area contributed by atoms with E-state index in [0.717, 1.165) is 12.8 Å². The summed E-state index contributed by atoms with van der Waals surface area (Å²) in [4.78, 5) is 25.8. The van der Waals surface area contributed by atoms with Crippen LogP contribution in [0.15, 0.2) is 47.4 Å². The van der Waals surface area contributed by atoms with Crippen LogP contribution in [-0.2, 0) is 14.8 Å². The summed E-state index contributed by atoms with van der Waals surface area (Å²) < 4.78 is 32.1. The topological polar surface area (TPSA) is 122 Å². The Morgan fingerprint density at radius 3 is 2.28 bits per heavy atom.